The van der Waals surface area contributed by atoms with Crippen LogP contribution in [0, 0.1) is 5.92 Å². The molecule has 0 aliphatic carbocycles. The molecule has 2 atom stereocenters. The maximum Gasteiger partial charge on any atom is 0.0617 e. The second kappa shape index (κ2) is 4.07. The molecule has 11 heavy (non-hydrogen) atoms. The van der Waals surface area contributed by atoms with E-state index in [-0.39, 0.29) is 0 Å². The van der Waals surface area contributed by atoms with Gasteiger partial charge in [-0.25, -0.2) is 0 Å². The van der Waals surface area contributed by atoms with Crippen molar-refractivity contribution in [2.24, 2.45) is 5.92 Å². The van der Waals surface area contributed by atoms with Crippen LogP contribution in [0.2, 0.25) is 0 Å². The average Bonchev–Trinajstić information content (AvgIpc) is 1.95. The number of hydrogen-bond donors (Lipinski definition) is 0. The van der Waals surface area contributed by atoms with Gasteiger partial charge in [0.25, 0.3) is 0 Å². The first-order valence-electron chi connectivity index (χ1n) is 4.43. The number of ether oxygens (including phenoxy) is 1. The van der Waals surface area contributed by atoms with Gasteiger partial charge in [-0.05, 0) is 25.8 Å². The van der Waals surface area contributed by atoms with E-state index >= 15 is 0 Å². The van der Waals surface area contributed by atoms with Crippen LogP contribution in [0.4, 0.5) is 0 Å². The minimum absolute atomic E-state index is 0.663. The third-order valence-electron chi connectivity index (χ3n) is 2.57. The van der Waals surface area contributed by atoms with Crippen molar-refractivity contribution in [3.63, 3.8) is 0 Å². The fourth-order valence-electron chi connectivity index (χ4n) is 1.83. The molecule has 66 valence electrons. The Morgan fingerprint density at radius 1 is 1.45 bits per heavy atom. The Kier molecular flexibility index (Phi) is 3.34. The van der Waals surface area contributed by atoms with E-state index in [0.717, 1.165) is 12.5 Å². The summed E-state index contributed by atoms with van der Waals surface area (Å²) in [5.74, 6) is 0.869. The molecule has 0 N–H and O–H groups in total. The molecule has 1 aliphatic heterocycles. The van der Waals surface area contributed by atoms with Crippen molar-refractivity contribution in [3.05, 3.63) is 0 Å². The van der Waals surface area contributed by atoms with Crippen LogP contribution in [0.1, 0.15) is 19.8 Å². The maximum absolute atomic E-state index is 5.15. The summed E-state index contributed by atoms with van der Waals surface area (Å²) >= 11 is 0. The summed E-state index contributed by atoms with van der Waals surface area (Å²) in [6.07, 6.45) is 2.66. The Morgan fingerprint density at radius 2 is 2.18 bits per heavy atom. The predicted octanol–water partition coefficient (Wildman–Crippen LogP) is 1.36. The van der Waals surface area contributed by atoms with Gasteiger partial charge in [0.2, 0.25) is 0 Å². The molecule has 0 saturated carbocycles. The number of likely N-dealkylation sites (tertiary alicyclic amines) is 1. The van der Waals surface area contributed by atoms with Crippen LogP contribution in [0.5, 0.6) is 0 Å². The molecule has 2 nitrogen and oxygen atoms in total. The first-order valence-corrected chi connectivity index (χ1v) is 4.43. The predicted molar refractivity (Wildman–Crippen MR) is 46.7 cm³/mol. The highest BCUT2D eigenvalue weighted by atomic mass is 16.5. The van der Waals surface area contributed by atoms with Gasteiger partial charge >= 0.3 is 0 Å². The summed E-state index contributed by atoms with van der Waals surface area (Å²) < 4.78 is 5.15. The highest BCUT2D eigenvalue weighted by molar-refractivity contribution is 4.76. The maximum atomic E-state index is 5.15. The lowest BCUT2D eigenvalue weighted by Gasteiger charge is -2.35. The lowest BCUT2D eigenvalue weighted by atomic mass is 9.95. The molecular formula is C9H19NO. The Labute approximate surface area is 69.5 Å². The summed E-state index contributed by atoms with van der Waals surface area (Å²) in [5, 5.41) is 0. The zero-order chi connectivity index (χ0) is 8.27. The van der Waals surface area contributed by atoms with Gasteiger partial charge in [0.05, 0.1) is 6.61 Å². The molecule has 0 bridgehead atoms. The quantitative estimate of drug-likeness (QED) is 0.600. The number of piperidine rings is 1. The van der Waals surface area contributed by atoms with E-state index in [0.29, 0.717) is 6.04 Å². The Bertz CT molecular complexity index is 116. The Balaban J connectivity index is 2.31. The summed E-state index contributed by atoms with van der Waals surface area (Å²) in [5.41, 5.74) is 0. The van der Waals surface area contributed by atoms with Crippen LogP contribution in [0.15, 0.2) is 0 Å². The Morgan fingerprint density at radius 3 is 2.73 bits per heavy atom. The summed E-state index contributed by atoms with van der Waals surface area (Å²) in [6.45, 7) is 4.44. The third-order valence-corrected chi connectivity index (χ3v) is 2.57. The van der Waals surface area contributed by atoms with Crippen molar-refractivity contribution >= 4 is 0 Å². The molecule has 1 rings (SSSR count). The molecule has 1 heterocycles. The fourth-order valence-corrected chi connectivity index (χ4v) is 1.83. The minimum atomic E-state index is 0.663. The molecule has 0 radical (unpaired) electrons. The summed E-state index contributed by atoms with van der Waals surface area (Å²) in [7, 11) is 3.98. The van der Waals surface area contributed by atoms with Crippen molar-refractivity contribution in [1.29, 1.82) is 0 Å². The molecule has 0 spiro atoms. The molecule has 0 aromatic heterocycles. The molecule has 1 fully saturated rings. The zero-order valence-electron chi connectivity index (χ0n) is 7.84. The number of likely N-dealkylation sites (N-methyl/N-ethyl adjacent to an activating group) is 1. The third kappa shape index (κ3) is 2.46. The topological polar surface area (TPSA) is 12.5 Å². The van der Waals surface area contributed by atoms with Crippen molar-refractivity contribution in [3.8, 4) is 0 Å². The van der Waals surface area contributed by atoms with Crippen molar-refractivity contribution in [2.75, 3.05) is 27.3 Å². The molecule has 0 amide bonds. The normalized spacial score (nSPS) is 34.1. The molecule has 0 aromatic rings. The minimum Gasteiger partial charge on any atom is -0.383 e. The molecule has 1 aliphatic rings. The molecule has 0 aromatic carbocycles. The Hall–Kier alpha value is -0.0800. The van der Waals surface area contributed by atoms with Gasteiger partial charge < -0.3 is 9.64 Å². The second-order valence-corrected chi connectivity index (χ2v) is 3.73. The van der Waals surface area contributed by atoms with Crippen LogP contribution >= 0.6 is 0 Å². The molecular weight excluding hydrogens is 138 g/mol. The van der Waals surface area contributed by atoms with Gasteiger partial charge in [-0.2, -0.15) is 0 Å². The number of rotatable bonds is 2. The average molecular weight is 157 g/mol. The van der Waals surface area contributed by atoms with Crippen LogP contribution in [0.25, 0.3) is 0 Å². The first-order chi connectivity index (χ1) is 5.24. The summed E-state index contributed by atoms with van der Waals surface area (Å²) in [4.78, 5) is 2.41. The standard InChI is InChI=1S/C9H19NO/c1-8-4-5-9(7-11-3)10(2)6-8/h8-9H,4-7H2,1-3H3. The van der Waals surface area contributed by atoms with Crippen LogP contribution in [0.3, 0.4) is 0 Å². The number of hydrogen-bond acceptors (Lipinski definition) is 2. The van der Waals surface area contributed by atoms with E-state index in [1.807, 2.05) is 0 Å². The van der Waals surface area contributed by atoms with Crippen molar-refractivity contribution in [1.82, 2.24) is 4.90 Å². The first kappa shape index (κ1) is 9.01. The van der Waals surface area contributed by atoms with E-state index in [4.69, 9.17) is 4.74 Å². The zero-order valence-corrected chi connectivity index (χ0v) is 7.84. The van der Waals surface area contributed by atoms with Crippen LogP contribution < -0.4 is 0 Å². The van der Waals surface area contributed by atoms with Gasteiger partial charge in [0.15, 0.2) is 0 Å². The second-order valence-electron chi connectivity index (χ2n) is 3.73. The molecule has 2 unspecified atom stereocenters. The highest BCUT2D eigenvalue weighted by Crippen LogP contribution is 2.19. The van der Waals surface area contributed by atoms with Gasteiger partial charge in [-0.15, -0.1) is 0 Å². The monoisotopic (exact) mass is 157 g/mol. The largest absolute Gasteiger partial charge is 0.383 e. The molecule has 1 saturated heterocycles. The number of methoxy groups -OCH3 is 1. The SMILES string of the molecule is COCC1CCC(C)CN1C. The van der Waals surface area contributed by atoms with E-state index in [1.165, 1.54) is 19.4 Å². The smallest absolute Gasteiger partial charge is 0.0617 e. The molecule has 2 heteroatoms. The van der Waals surface area contributed by atoms with Crippen LogP contribution in [-0.4, -0.2) is 38.3 Å². The van der Waals surface area contributed by atoms with Gasteiger partial charge in [0, 0.05) is 19.7 Å². The van der Waals surface area contributed by atoms with E-state index in [2.05, 4.69) is 18.9 Å². The number of nitrogens with zero attached hydrogens (tertiary/aromatic N) is 1. The lowest BCUT2D eigenvalue weighted by molar-refractivity contribution is 0.0656. The summed E-state index contributed by atoms with van der Waals surface area (Å²) in [6, 6.07) is 0.663. The fraction of sp³-hybridized carbons (Fsp3) is 1.00. The van der Waals surface area contributed by atoms with E-state index in [9.17, 15) is 0 Å². The van der Waals surface area contributed by atoms with Crippen molar-refractivity contribution in [2.45, 2.75) is 25.8 Å². The van der Waals surface area contributed by atoms with E-state index in [1.54, 1.807) is 7.11 Å². The van der Waals surface area contributed by atoms with Gasteiger partial charge in [-0.1, -0.05) is 6.92 Å². The highest BCUT2D eigenvalue weighted by Gasteiger charge is 2.22. The lowest BCUT2D eigenvalue weighted by Crippen LogP contribution is -2.42. The van der Waals surface area contributed by atoms with E-state index < -0.39 is 0 Å². The van der Waals surface area contributed by atoms with Crippen molar-refractivity contribution < 1.29 is 4.74 Å². The van der Waals surface area contributed by atoms with Crippen LogP contribution in [-0.2, 0) is 4.74 Å². The van der Waals surface area contributed by atoms with Gasteiger partial charge in [-0.3, -0.25) is 0 Å². The van der Waals surface area contributed by atoms with Gasteiger partial charge in [0.1, 0.15) is 0 Å².